The van der Waals surface area contributed by atoms with E-state index < -0.39 is 28.5 Å². The standard InChI is InChI=1S/C32H41N3O5S/c1-7-25(5)33-32(37)30(8-2)34(21-26-14-16-28(40-6)17-15-26)31(36)22-35(27-11-9-10-24(4)20-27)41(38,39)29-18-12-23(3)13-19-29/h9-20,25,30H,7-8,21-22H2,1-6H3,(H,33,37)/t25-,30+/m0/s1. The van der Waals surface area contributed by atoms with Gasteiger partial charge in [0.15, 0.2) is 0 Å². The van der Waals surface area contributed by atoms with Crippen LogP contribution >= 0.6 is 0 Å². The average Bonchev–Trinajstić information content (AvgIpc) is 2.96. The van der Waals surface area contributed by atoms with Crippen molar-refractivity contribution >= 4 is 27.5 Å². The van der Waals surface area contributed by atoms with Crippen molar-refractivity contribution in [1.82, 2.24) is 10.2 Å². The fraction of sp³-hybridized carbons (Fsp3) is 0.375. The number of hydrogen-bond donors (Lipinski definition) is 1. The van der Waals surface area contributed by atoms with Gasteiger partial charge in [0.2, 0.25) is 11.8 Å². The molecule has 41 heavy (non-hydrogen) atoms. The van der Waals surface area contributed by atoms with Crippen LogP contribution in [0.25, 0.3) is 0 Å². The number of nitrogens with zero attached hydrogens (tertiary/aromatic N) is 2. The molecule has 9 heteroatoms. The number of anilines is 1. The zero-order valence-electron chi connectivity index (χ0n) is 24.8. The van der Waals surface area contributed by atoms with Crippen molar-refractivity contribution in [3.8, 4) is 5.75 Å². The second kappa shape index (κ2) is 14.2. The molecular weight excluding hydrogens is 538 g/mol. The molecule has 0 heterocycles. The van der Waals surface area contributed by atoms with Crippen molar-refractivity contribution in [1.29, 1.82) is 0 Å². The third kappa shape index (κ3) is 8.10. The first kappa shape index (κ1) is 31.7. The fourth-order valence-corrected chi connectivity index (χ4v) is 5.84. The highest BCUT2D eigenvalue weighted by atomic mass is 32.2. The van der Waals surface area contributed by atoms with Crippen LogP contribution in [0.1, 0.15) is 50.3 Å². The molecule has 0 aliphatic heterocycles. The van der Waals surface area contributed by atoms with Gasteiger partial charge in [-0.3, -0.25) is 13.9 Å². The molecule has 3 aromatic carbocycles. The molecule has 0 aliphatic carbocycles. The Hall–Kier alpha value is -3.85. The lowest BCUT2D eigenvalue weighted by Crippen LogP contribution is -2.53. The molecule has 0 aliphatic rings. The van der Waals surface area contributed by atoms with Gasteiger partial charge in [0.1, 0.15) is 18.3 Å². The Morgan fingerprint density at radius 3 is 2.12 bits per heavy atom. The highest BCUT2D eigenvalue weighted by Gasteiger charge is 2.34. The molecule has 0 aromatic heterocycles. The van der Waals surface area contributed by atoms with E-state index in [1.807, 2.05) is 52.8 Å². The predicted molar refractivity (Wildman–Crippen MR) is 162 cm³/mol. The van der Waals surface area contributed by atoms with Gasteiger partial charge in [-0.1, -0.05) is 55.8 Å². The summed E-state index contributed by atoms with van der Waals surface area (Å²) in [5.41, 5.74) is 2.94. The number of hydrogen-bond acceptors (Lipinski definition) is 5. The molecule has 8 nitrogen and oxygen atoms in total. The number of sulfonamides is 1. The summed E-state index contributed by atoms with van der Waals surface area (Å²) in [7, 11) is -2.53. The van der Waals surface area contributed by atoms with E-state index in [0.717, 1.165) is 27.4 Å². The van der Waals surface area contributed by atoms with Crippen molar-refractivity contribution in [3.05, 3.63) is 89.5 Å². The van der Waals surface area contributed by atoms with E-state index in [1.54, 1.807) is 61.7 Å². The topological polar surface area (TPSA) is 96.0 Å². The van der Waals surface area contributed by atoms with Crippen LogP contribution in [0.5, 0.6) is 5.75 Å². The predicted octanol–water partition coefficient (Wildman–Crippen LogP) is 5.23. The molecule has 0 radical (unpaired) electrons. The van der Waals surface area contributed by atoms with E-state index in [2.05, 4.69) is 5.32 Å². The number of carbonyl (C=O) groups excluding carboxylic acids is 2. The number of aryl methyl sites for hydroxylation is 2. The van der Waals surface area contributed by atoms with E-state index in [9.17, 15) is 18.0 Å². The van der Waals surface area contributed by atoms with Gasteiger partial charge in [0.25, 0.3) is 10.0 Å². The summed E-state index contributed by atoms with van der Waals surface area (Å²) >= 11 is 0. The maximum Gasteiger partial charge on any atom is 0.264 e. The monoisotopic (exact) mass is 579 g/mol. The van der Waals surface area contributed by atoms with Gasteiger partial charge >= 0.3 is 0 Å². The van der Waals surface area contributed by atoms with Crippen molar-refractivity contribution in [2.45, 2.75) is 71.0 Å². The Morgan fingerprint density at radius 1 is 0.902 bits per heavy atom. The maximum atomic E-state index is 14.1. The second-order valence-corrected chi connectivity index (χ2v) is 12.1. The average molecular weight is 580 g/mol. The SMILES string of the molecule is CC[C@H](C(=O)N[C@@H](C)CC)N(Cc1ccc(OC)cc1)C(=O)CN(c1cccc(C)c1)S(=O)(=O)c1ccc(C)cc1. The lowest BCUT2D eigenvalue weighted by Gasteiger charge is -2.33. The molecule has 1 N–H and O–H groups in total. The molecule has 0 saturated heterocycles. The van der Waals surface area contributed by atoms with Crippen LogP contribution in [0.3, 0.4) is 0 Å². The normalized spacial score (nSPS) is 12.7. The Labute approximate surface area is 244 Å². The van der Waals surface area contributed by atoms with Gasteiger partial charge < -0.3 is 15.0 Å². The summed E-state index contributed by atoms with van der Waals surface area (Å²) in [5, 5.41) is 2.99. The zero-order valence-corrected chi connectivity index (χ0v) is 25.6. The summed E-state index contributed by atoms with van der Waals surface area (Å²) in [6, 6.07) is 20.0. The first-order valence-corrected chi connectivity index (χ1v) is 15.3. The highest BCUT2D eigenvalue weighted by Crippen LogP contribution is 2.26. The molecule has 0 fully saturated rings. The van der Waals surface area contributed by atoms with Gasteiger partial charge in [-0.15, -0.1) is 0 Å². The van der Waals surface area contributed by atoms with Crippen LogP contribution in [0.4, 0.5) is 5.69 Å². The Bertz CT molecular complexity index is 1420. The van der Waals surface area contributed by atoms with Gasteiger partial charge in [-0.25, -0.2) is 8.42 Å². The summed E-state index contributed by atoms with van der Waals surface area (Å²) in [4.78, 5) is 29.1. The summed E-state index contributed by atoms with van der Waals surface area (Å²) < 4.78 is 34.3. The molecular formula is C32H41N3O5S. The van der Waals surface area contributed by atoms with E-state index in [4.69, 9.17) is 4.74 Å². The molecule has 0 saturated carbocycles. The number of carbonyl (C=O) groups is 2. The summed E-state index contributed by atoms with van der Waals surface area (Å²) in [6.45, 7) is 9.13. The minimum absolute atomic E-state index is 0.0693. The van der Waals surface area contributed by atoms with Crippen LogP contribution in [0.15, 0.2) is 77.7 Å². The molecule has 3 rings (SSSR count). The zero-order chi connectivity index (χ0) is 30.2. The van der Waals surface area contributed by atoms with E-state index in [0.29, 0.717) is 17.9 Å². The van der Waals surface area contributed by atoms with Gasteiger partial charge in [0, 0.05) is 12.6 Å². The minimum Gasteiger partial charge on any atom is -0.497 e. The van der Waals surface area contributed by atoms with Crippen molar-refractivity contribution in [2.24, 2.45) is 0 Å². The largest absolute Gasteiger partial charge is 0.497 e. The summed E-state index contributed by atoms with van der Waals surface area (Å²) in [5.74, 6) is -0.0839. The van der Waals surface area contributed by atoms with Gasteiger partial charge in [0.05, 0.1) is 17.7 Å². The lowest BCUT2D eigenvalue weighted by atomic mass is 10.1. The smallest absolute Gasteiger partial charge is 0.264 e. The van der Waals surface area contributed by atoms with Crippen LogP contribution < -0.4 is 14.4 Å². The van der Waals surface area contributed by atoms with Crippen LogP contribution in [0, 0.1) is 13.8 Å². The number of amides is 2. The molecule has 2 atom stereocenters. The third-order valence-corrected chi connectivity index (χ3v) is 8.86. The molecule has 0 unspecified atom stereocenters. The van der Waals surface area contributed by atoms with Crippen molar-refractivity contribution < 1.29 is 22.7 Å². The lowest BCUT2D eigenvalue weighted by molar-refractivity contribution is -0.140. The van der Waals surface area contributed by atoms with Crippen LogP contribution in [0.2, 0.25) is 0 Å². The summed E-state index contributed by atoms with van der Waals surface area (Å²) in [6.07, 6.45) is 1.10. The molecule has 0 bridgehead atoms. The second-order valence-electron chi connectivity index (χ2n) is 10.3. The van der Waals surface area contributed by atoms with Crippen molar-refractivity contribution in [3.63, 3.8) is 0 Å². The van der Waals surface area contributed by atoms with E-state index in [1.165, 1.54) is 4.90 Å². The Kier molecular flexibility index (Phi) is 10.9. The van der Waals surface area contributed by atoms with E-state index in [-0.39, 0.29) is 23.4 Å². The quantitative estimate of drug-likeness (QED) is 0.299. The first-order chi connectivity index (χ1) is 19.5. The van der Waals surface area contributed by atoms with Crippen LogP contribution in [-0.2, 0) is 26.2 Å². The minimum atomic E-state index is -4.10. The molecule has 220 valence electrons. The number of methoxy groups -OCH3 is 1. The highest BCUT2D eigenvalue weighted by molar-refractivity contribution is 7.92. The number of ether oxygens (including phenoxy) is 1. The number of nitrogens with one attached hydrogen (secondary N) is 1. The van der Waals surface area contributed by atoms with Crippen LogP contribution in [-0.4, -0.2) is 50.9 Å². The first-order valence-electron chi connectivity index (χ1n) is 13.9. The third-order valence-electron chi connectivity index (χ3n) is 7.08. The maximum absolute atomic E-state index is 14.1. The van der Waals surface area contributed by atoms with Gasteiger partial charge in [-0.2, -0.15) is 0 Å². The molecule has 0 spiro atoms. The molecule has 2 amide bonds. The fourth-order valence-electron chi connectivity index (χ4n) is 4.44. The number of rotatable bonds is 13. The Balaban J connectivity index is 2.05. The molecule has 3 aromatic rings. The van der Waals surface area contributed by atoms with Gasteiger partial charge in [-0.05, 0) is 81.1 Å². The van der Waals surface area contributed by atoms with Crippen molar-refractivity contribution in [2.75, 3.05) is 18.0 Å². The number of benzene rings is 3. The van der Waals surface area contributed by atoms with E-state index >= 15 is 0 Å². The Morgan fingerprint density at radius 2 is 1.56 bits per heavy atom.